The number of nitrogens with zero attached hydrogens (tertiary/aromatic N) is 3. The average molecular weight is 476 g/mol. The molecular formula is C30H41N3O2. The molecule has 2 aliphatic rings. The maximum atomic E-state index is 12.9. The maximum Gasteiger partial charge on any atom is 0.253 e. The van der Waals surface area contributed by atoms with Crippen LogP contribution in [-0.4, -0.2) is 72.5 Å². The molecule has 0 aromatic heterocycles. The van der Waals surface area contributed by atoms with Crippen LogP contribution in [-0.2, 0) is 0 Å². The summed E-state index contributed by atoms with van der Waals surface area (Å²) in [5, 5.41) is 0. The number of fused-ring (bicyclic) bond motifs is 2. The van der Waals surface area contributed by atoms with Gasteiger partial charge in [0.05, 0.1) is 13.2 Å². The number of amides is 1. The van der Waals surface area contributed by atoms with Gasteiger partial charge in [0.25, 0.3) is 5.91 Å². The van der Waals surface area contributed by atoms with Crippen LogP contribution in [0.5, 0.6) is 5.75 Å². The minimum Gasteiger partial charge on any atom is -0.497 e. The highest BCUT2D eigenvalue weighted by Gasteiger charge is 2.36. The van der Waals surface area contributed by atoms with E-state index in [2.05, 4.69) is 58.9 Å². The molecule has 0 N–H and O–H groups in total. The third kappa shape index (κ3) is 5.62. The van der Waals surface area contributed by atoms with Crippen LogP contribution in [0.15, 0.2) is 61.2 Å². The Balaban J connectivity index is 1.67. The van der Waals surface area contributed by atoms with Gasteiger partial charge < -0.3 is 9.64 Å². The Hall–Kier alpha value is -2.63. The second-order valence-corrected chi connectivity index (χ2v) is 9.78. The highest BCUT2D eigenvalue weighted by Crippen LogP contribution is 2.36. The third-order valence-electron chi connectivity index (χ3n) is 7.87. The number of rotatable bonds is 9. The van der Waals surface area contributed by atoms with Gasteiger partial charge >= 0.3 is 0 Å². The van der Waals surface area contributed by atoms with Crippen molar-refractivity contribution in [3.63, 3.8) is 0 Å². The van der Waals surface area contributed by atoms with Gasteiger partial charge in [-0.05, 0) is 68.5 Å². The molecular weight excluding hydrogens is 434 g/mol. The molecule has 3 atom stereocenters. The summed E-state index contributed by atoms with van der Waals surface area (Å²) in [6, 6.07) is 18.2. The Bertz CT molecular complexity index is 968. The average Bonchev–Trinajstić information content (AvgIpc) is 2.98. The van der Waals surface area contributed by atoms with E-state index in [-0.39, 0.29) is 11.9 Å². The van der Waals surface area contributed by atoms with Gasteiger partial charge in [0.15, 0.2) is 0 Å². The van der Waals surface area contributed by atoms with Crippen molar-refractivity contribution < 1.29 is 9.53 Å². The van der Waals surface area contributed by atoms with E-state index in [0.29, 0.717) is 12.1 Å². The van der Waals surface area contributed by atoms with Crippen molar-refractivity contribution in [3.05, 3.63) is 77.9 Å². The summed E-state index contributed by atoms with van der Waals surface area (Å²) in [6.45, 7) is 12.6. The number of hydrogen-bond acceptors (Lipinski definition) is 4. The molecule has 188 valence electrons. The van der Waals surface area contributed by atoms with Gasteiger partial charge in [-0.1, -0.05) is 36.8 Å². The standard InChI is InChI=1S/C30H41N3O2/c1-5-20-33-26-9-8-10-27(33)22-32(21-19-26)29(24-15-17-28(35-4)18-16-24)23-11-13-25(14-12-23)30(34)31(6-2)7-3/h5,11-18,26-27,29H,1,6-10,19-22H2,2-4H3. The molecule has 2 heterocycles. The van der Waals surface area contributed by atoms with Crippen molar-refractivity contribution in [2.75, 3.05) is 39.8 Å². The minimum atomic E-state index is 0.103. The van der Waals surface area contributed by atoms with Crippen molar-refractivity contribution in [2.24, 2.45) is 0 Å². The predicted octanol–water partition coefficient (Wildman–Crippen LogP) is 5.38. The van der Waals surface area contributed by atoms with Crippen molar-refractivity contribution >= 4 is 5.91 Å². The second-order valence-electron chi connectivity index (χ2n) is 9.78. The SMILES string of the molecule is C=CCN1C2CCCC1CN(C(c1ccc(OC)cc1)c1ccc(C(=O)N(CC)CC)cc1)CC2. The van der Waals surface area contributed by atoms with E-state index in [1.807, 2.05) is 30.9 Å². The number of ether oxygens (including phenoxy) is 1. The third-order valence-corrected chi connectivity index (χ3v) is 7.87. The van der Waals surface area contributed by atoms with Crippen LogP contribution in [0.25, 0.3) is 0 Å². The highest BCUT2D eigenvalue weighted by molar-refractivity contribution is 5.94. The summed E-state index contributed by atoms with van der Waals surface area (Å²) in [5.41, 5.74) is 3.26. The first kappa shape index (κ1) is 25.5. The van der Waals surface area contributed by atoms with E-state index in [4.69, 9.17) is 4.74 Å². The lowest BCUT2D eigenvalue weighted by atomic mass is 9.94. The summed E-state index contributed by atoms with van der Waals surface area (Å²) in [5.74, 6) is 0.975. The Labute approximate surface area is 211 Å². The van der Waals surface area contributed by atoms with Gasteiger partial charge in [-0.25, -0.2) is 0 Å². The number of piperidine rings is 1. The molecule has 0 saturated carbocycles. The fourth-order valence-electron chi connectivity index (χ4n) is 5.99. The first-order valence-corrected chi connectivity index (χ1v) is 13.2. The molecule has 0 spiro atoms. The largest absolute Gasteiger partial charge is 0.497 e. The number of methoxy groups -OCH3 is 1. The molecule has 2 aromatic carbocycles. The quantitative estimate of drug-likeness (QED) is 0.456. The number of carbonyl (C=O) groups is 1. The second kappa shape index (κ2) is 11.9. The van der Waals surface area contributed by atoms with E-state index < -0.39 is 0 Å². The molecule has 0 aliphatic carbocycles. The minimum absolute atomic E-state index is 0.103. The van der Waals surface area contributed by atoms with Crippen LogP contribution < -0.4 is 4.74 Å². The Morgan fingerprint density at radius 2 is 1.66 bits per heavy atom. The molecule has 2 saturated heterocycles. The van der Waals surface area contributed by atoms with E-state index in [1.165, 1.54) is 36.8 Å². The first-order valence-electron chi connectivity index (χ1n) is 13.2. The zero-order valence-corrected chi connectivity index (χ0v) is 21.7. The van der Waals surface area contributed by atoms with Gasteiger partial charge in [-0.3, -0.25) is 14.6 Å². The van der Waals surface area contributed by atoms with Crippen molar-refractivity contribution in [3.8, 4) is 5.75 Å². The zero-order chi connectivity index (χ0) is 24.8. The molecule has 3 unspecified atom stereocenters. The lowest BCUT2D eigenvalue weighted by molar-refractivity contribution is 0.0773. The van der Waals surface area contributed by atoms with Gasteiger partial charge in [-0.2, -0.15) is 0 Å². The molecule has 2 aromatic rings. The molecule has 2 bridgehead atoms. The maximum absolute atomic E-state index is 12.9. The summed E-state index contributed by atoms with van der Waals surface area (Å²) in [4.78, 5) is 20.1. The van der Waals surface area contributed by atoms with E-state index >= 15 is 0 Å². The van der Waals surface area contributed by atoms with Crippen LogP contribution in [0.2, 0.25) is 0 Å². The predicted molar refractivity (Wildman–Crippen MR) is 143 cm³/mol. The molecule has 0 radical (unpaired) electrons. The number of benzene rings is 2. The number of carbonyl (C=O) groups excluding carboxylic acids is 1. The summed E-state index contributed by atoms with van der Waals surface area (Å²) < 4.78 is 5.43. The zero-order valence-electron chi connectivity index (χ0n) is 21.7. The molecule has 35 heavy (non-hydrogen) atoms. The normalized spacial score (nSPS) is 21.7. The van der Waals surface area contributed by atoms with Gasteiger partial charge in [0, 0.05) is 50.4 Å². The van der Waals surface area contributed by atoms with Crippen LogP contribution in [0.1, 0.15) is 67.1 Å². The molecule has 4 rings (SSSR count). The van der Waals surface area contributed by atoms with Crippen molar-refractivity contribution in [1.29, 1.82) is 0 Å². The van der Waals surface area contributed by atoms with Gasteiger partial charge in [-0.15, -0.1) is 6.58 Å². The van der Waals surface area contributed by atoms with Gasteiger partial charge in [0.1, 0.15) is 5.75 Å². The fraction of sp³-hybridized carbons (Fsp3) is 0.500. The summed E-state index contributed by atoms with van der Waals surface area (Å²) in [7, 11) is 1.71. The fourth-order valence-corrected chi connectivity index (χ4v) is 5.99. The van der Waals surface area contributed by atoms with Crippen molar-refractivity contribution in [2.45, 2.75) is 57.7 Å². The van der Waals surface area contributed by atoms with Crippen LogP contribution in [0.4, 0.5) is 0 Å². The summed E-state index contributed by atoms with van der Waals surface area (Å²) in [6.07, 6.45) is 7.08. The van der Waals surface area contributed by atoms with E-state index in [0.717, 1.165) is 44.0 Å². The monoisotopic (exact) mass is 475 g/mol. The van der Waals surface area contributed by atoms with Crippen molar-refractivity contribution in [1.82, 2.24) is 14.7 Å². The molecule has 5 heteroatoms. The van der Waals surface area contributed by atoms with E-state index in [1.54, 1.807) is 7.11 Å². The topological polar surface area (TPSA) is 36.0 Å². The molecule has 2 fully saturated rings. The molecule has 1 amide bonds. The van der Waals surface area contributed by atoms with E-state index in [9.17, 15) is 4.79 Å². The van der Waals surface area contributed by atoms with Crippen LogP contribution >= 0.6 is 0 Å². The highest BCUT2D eigenvalue weighted by atomic mass is 16.5. The lowest BCUT2D eigenvalue weighted by Gasteiger charge is -2.41. The summed E-state index contributed by atoms with van der Waals surface area (Å²) >= 11 is 0. The first-order chi connectivity index (χ1) is 17.1. The van der Waals surface area contributed by atoms with Gasteiger partial charge in [0.2, 0.25) is 0 Å². The Kier molecular flexibility index (Phi) is 8.64. The van der Waals surface area contributed by atoms with Crippen LogP contribution in [0.3, 0.4) is 0 Å². The smallest absolute Gasteiger partial charge is 0.253 e. The Morgan fingerprint density at radius 3 is 2.26 bits per heavy atom. The lowest BCUT2D eigenvalue weighted by Crippen LogP contribution is -2.48. The number of hydrogen-bond donors (Lipinski definition) is 0. The molecule has 5 nitrogen and oxygen atoms in total. The Morgan fingerprint density at radius 1 is 1.03 bits per heavy atom. The molecule has 2 aliphatic heterocycles. The van der Waals surface area contributed by atoms with Crippen LogP contribution in [0, 0.1) is 0 Å².